The Labute approximate surface area is 152 Å². The predicted molar refractivity (Wildman–Crippen MR) is 99.8 cm³/mol. The molecule has 1 saturated heterocycles. The van der Waals surface area contributed by atoms with Crippen molar-refractivity contribution in [2.45, 2.75) is 18.6 Å². The Bertz CT molecular complexity index is 1080. The van der Waals surface area contributed by atoms with E-state index in [4.69, 9.17) is 0 Å². The molecule has 134 valence electrons. The summed E-state index contributed by atoms with van der Waals surface area (Å²) in [5.41, 5.74) is 1.22. The maximum absolute atomic E-state index is 14.4. The normalized spacial score (nSPS) is 21.0. The molecule has 3 aromatic heterocycles. The van der Waals surface area contributed by atoms with Gasteiger partial charge in [-0.15, -0.1) is 11.3 Å². The zero-order chi connectivity index (χ0) is 17.8. The number of aliphatic hydroxyl groups excluding tert-OH is 1. The van der Waals surface area contributed by atoms with Crippen LogP contribution in [-0.2, 0) is 7.05 Å². The van der Waals surface area contributed by atoms with Crippen LogP contribution in [0.4, 0.5) is 4.39 Å². The molecule has 6 nitrogen and oxygen atoms in total. The zero-order valence-corrected chi connectivity index (χ0v) is 15.0. The summed E-state index contributed by atoms with van der Waals surface area (Å²) in [4.78, 5) is 1.88. The molecule has 1 aliphatic rings. The van der Waals surface area contributed by atoms with Crippen LogP contribution in [0.15, 0.2) is 30.6 Å². The van der Waals surface area contributed by atoms with Crippen LogP contribution in [0.1, 0.15) is 12.5 Å². The van der Waals surface area contributed by atoms with E-state index in [2.05, 4.69) is 15.5 Å². The Morgan fingerprint density at radius 1 is 1.23 bits per heavy atom. The number of aromatic nitrogens is 4. The molecule has 0 aliphatic carbocycles. The van der Waals surface area contributed by atoms with Crippen LogP contribution in [0.2, 0.25) is 0 Å². The number of hydrogen-bond acceptors (Lipinski definition) is 5. The maximum Gasteiger partial charge on any atom is 0.151 e. The summed E-state index contributed by atoms with van der Waals surface area (Å²) >= 11 is 1.54. The molecular formula is C18H18FN5OS. The molecule has 0 unspecified atom stereocenters. The van der Waals surface area contributed by atoms with E-state index in [1.54, 1.807) is 11.7 Å². The number of hydrogen-bond donors (Lipinski definition) is 2. The molecule has 1 fully saturated rings. The van der Waals surface area contributed by atoms with Gasteiger partial charge in [0.15, 0.2) is 5.82 Å². The van der Waals surface area contributed by atoms with Crippen molar-refractivity contribution in [1.29, 1.82) is 0 Å². The van der Waals surface area contributed by atoms with E-state index in [1.165, 1.54) is 17.4 Å². The number of benzene rings is 1. The van der Waals surface area contributed by atoms with Crippen molar-refractivity contribution < 1.29 is 9.50 Å². The Balaban J connectivity index is 1.53. The summed E-state index contributed by atoms with van der Waals surface area (Å²) in [6, 6.07) is 5.53. The van der Waals surface area contributed by atoms with E-state index in [1.807, 2.05) is 29.2 Å². The summed E-state index contributed by atoms with van der Waals surface area (Å²) in [6.45, 7) is 1.47. The second-order valence-electron chi connectivity index (χ2n) is 6.81. The SMILES string of the molecule is Cn1cc2cc(-c3cc4cn([C@H]5CCNC[C@H]5O)nc4s3)cc(F)c2n1. The summed E-state index contributed by atoms with van der Waals surface area (Å²) in [7, 11) is 1.79. The minimum Gasteiger partial charge on any atom is -0.390 e. The molecule has 0 amide bonds. The van der Waals surface area contributed by atoms with Gasteiger partial charge in [-0.1, -0.05) is 0 Å². The monoisotopic (exact) mass is 371 g/mol. The average Bonchev–Trinajstić information content (AvgIpc) is 3.27. The lowest BCUT2D eigenvalue weighted by molar-refractivity contribution is 0.0814. The third kappa shape index (κ3) is 2.53. The first-order valence-corrected chi connectivity index (χ1v) is 9.41. The fraction of sp³-hybridized carbons (Fsp3) is 0.333. The molecule has 1 aromatic carbocycles. The molecule has 5 rings (SSSR count). The molecule has 26 heavy (non-hydrogen) atoms. The standard InChI is InChI=1S/C18H18FN5OS/c1-23-8-11-4-10(5-13(19)17(11)21-23)16-6-12-9-24(22-18(12)26-16)14-2-3-20-7-15(14)25/h4-6,8-9,14-15,20,25H,2-3,7H2,1H3/t14-,15+/m0/s1. The summed E-state index contributed by atoms with van der Waals surface area (Å²) in [6.07, 6.45) is 4.22. The molecule has 2 atom stereocenters. The van der Waals surface area contributed by atoms with E-state index >= 15 is 0 Å². The Kier molecular flexibility index (Phi) is 3.59. The van der Waals surface area contributed by atoms with E-state index in [-0.39, 0.29) is 11.9 Å². The lowest BCUT2D eigenvalue weighted by atomic mass is 10.0. The first-order valence-electron chi connectivity index (χ1n) is 8.59. The van der Waals surface area contributed by atoms with Crippen molar-refractivity contribution in [3.8, 4) is 10.4 Å². The number of nitrogens with one attached hydrogen (secondary N) is 1. The van der Waals surface area contributed by atoms with Gasteiger partial charge in [0, 0.05) is 41.6 Å². The van der Waals surface area contributed by atoms with Crippen LogP contribution in [0, 0.1) is 5.82 Å². The van der Waals surface area contributed by atoms with Gasteiger partial charge in [-0.2, -0.15) is 10.2 Å². The highest BCUT2D eigenvalue weighted by Crippen LogP contribution is 2.36. The fourth-order valence-electron chi connectivity index (χ4n) is 3.65. The summed E-state index contributed by atoms with van der Waals surface area (Å²) in [5.74, 6) is -0.313. The van der Waals surface area contributed by atoms with Gasteiger partial charge >= 0.3 is 0 Å². The van der Waals surface area contributed by atoms with E-state index < -0.39 is 6.10 Å². The van der Waals surface area contributed by atoms with Crippen molar-refractivity contribution in [3.63, 3.8) is 0 Å². The number of aryl methyl sites for hydroxylation is 1. The van der Waals surface area contributed by atoms with Gasteiger partial charge in [0.1, 0.15) is 10.3 Å². The van der Waals surface area contributed by atoms with Gasteiger partial charge in [0.25, 0.3) is 0 Å². The number of halogens is 1. The van der Waals surface area contributed by atoms with Crippen molar-refractivity contribution in [3.05, 3.63) is 36.4 Å². The van der Waals surface area contributed by atoms with Crippen molar-refractivity contribution in [1.82, 2.24) is 24.9 Å². The van der Waals surface area contributed by atoms with Gasteiger partial charge in [-0.05, 0) is 36.7 Å². The van der Waals surface area contributed by atoms with Crippen molar-refractivity contribution in [2.75, 3.05) is 13.1 Å². The molecule has 0 saturated carbocycles. The quantitative estimate of drug-likeness (QED) is 0.569. The molecule has 0 radical (unpaired) electrons. The highest BCUT2D eigenvalue weighted by atomic mass is 32.1. The zero-order valence-electron chi connectivity index (χ0n) is 14.2. The highest BCUT2D eigenvalue weighted by Gasteiger charge is 2.25. The molecule has 2 N–H and O–H groups in total. The second kappa shape index (κ2) is 5.87. The molecular weight excluding hydrogens is 353 g/mol. The van der Waals surface area contributed by atoms with Crippen molar-refractivity contribution >= 4 is 32.5 Å². The van der Waals surface area contributed by atoms with Crippen LogP contribution in [-0.4, -0.2) is 43.9 Å². The Morgan fingerprint density at radius 3 is 2.92 bits per heavy atom. The molecule has 4 aromatic rings. The molecule has 0 bridgehead atoms. The van der Waals surface area contributed by atoms with Crippen LogP contribution >= 0.6 is 11.3 Å². The lowest BCUT2D eigenvalue weighted by Crippen LogP contribution is -2.41. The number of aliphatic hydroxyl groups is 1. The van der Waals surface area contributed by atoms with Crippen LogP contribution in [0.25, 0.3) is 31.6 Å². The van der Waals surface area contributed by atoms with E-state index in [9.17, 15) is 9.50 Å². The van der Waals surface area contributed by atoms with E-state index in [0.717, 1.165) is 39.0 Å². The summed E-state index contributed by atoms with van der Waals surface area (Å²) in [5, 5.41) is 24.0. The Hall–Kier alpha value is -2.29. The number of fused-ring (bicyclic) bond motifs is 2. The van der Waals surface area contributed by atoms with Crippen LogP contribution in [0.3, 0.4) is 0 Å². The number of rotatable bonds is 2. The molecule has 1 aliphatic heterocycles. The first kappa shape index (κ1) is 15.9. The third-order valence-corrected chi connectivity index (χ3v) is 6.02. The average molecular weight is 371 g/mol. The topological polar surface area (TPSA) is 67.9 Å². The molecule has 0 spiro atoms. The second-order valence-corrected chi connectivity index (χ2v) is 7.84. The van der Waals surface area contributed by atoms with Crippen LogP contribution in [0.5, 0.6) is 0 Å². The number of β-amino-alcohol motifs (C(OH)–C–C–N with tert-alkyl or cyclic N) is 1. The summed E-state index contributed by atoms with van der Waals surface area (Å²) < 4.78 is 17.9. The molecule has 4 heterocycles. The number of thiophene rings is 1. The Morgan fingerprint density at radius 2 is 2.12 bits per heavy atom. The van der Waals surface area contributed by atoms with Gasteiger partial charge in [0.2, 0.25) is 0 Å². The van der Waals surface area contributed by atoms with E-state index in [0.29, 0.717) is 12.1 Å². The largest absolute Gasteiger partial charge is 0.390 e. The minimum absolute atomic E-state index is 0.00323. The number of nitrogens with zero attached hydrogens (tertiary/aromatic N) is 4. The maximum atomic E-state index is 14.4. The van der Waals surface area contributed by atoms with Crippen LogP contribution < -0.4 is 5.32 Å². The van der Waals surface area contributed by atoms with Gasteiger partial charge < -0.3 is 10.4 Å². The lowest BCUT2D eigenvalue weighted by Gasteiger charge is -2.28. The number of piperidine rings is 1. The predicted octanol–water partition coefficient (Wildman–Crippen LogP) is 2.69. The fourth-order valence-corrected chi connectivity index (χ4v) is 4.64. The van der Waals surface area contributed by atoms with Gasteiger partial charge in [-0.3, -0.25) is 9.36 Å². The third-order valence-electron chi connectivity index (χ3n) is 4.93. The molecule has 8 heteroatoms. The van der Waals surface area contributed by atoms with Crippen molar-refractivity contribution in [2.24, 2.45) is 7.05 Å². The minimum atomic E-state index is -0.431. The smallest absolute Gasteiger partial charge is 0.151 e. The van der Waals surface area contributed by atoms with Gasteiger partial charge in [-0.25, -0.2) is 4.39 Å². The highest BCUT2D eigenvalue weighted by molar-refractivity contribution is 7.21. The van der Waals surface area contributed by atoms with Gasteiger partial charge in [0.05, 0.1) is 12.1 Å². The first-order chi connectivity index (χ1) is 12.6.